The molecule has 3 rings (SSSR count). The van der Waals surface area contributed by atoms with Crippen LogP contribution in [0.1, 0.15) is 48.4 Å². The predicted molar refractivity (Wildman–Crippen MR) is 109 cm³/mol. The molecule has 0 heterocycles. The Morgan fingerprint density at radius 2 is 1.42 bits per heavy atom. The molecule has 0 nitrogen and oxygen atoms in total. The Morgan fingerprint density at radius 3 is 2.08 bits per heavy atom. The van der Waals surface area contributed by atoms with Crippen molar-refractivity contribution < 1.29 is 4.39 Å². The largest absolute Gasteiger partial charge is 0.207 e. The minimum absolute atomic E-state index is 0.202. The van der Waals surface area contributed by atoms with Crippen LogP contribution in [0.25, 0.3) is 11.1 Å². The molecule has 3 aromatic carbocycles. The standard InChI is InChI=1S/C25H25F/c1-3-4-13-24(22-12-8-9-19(2)18-22)25(20-10-6-5-7-11-20)21-14-16-23(26)17-15-21/h5-12,14-18H,3-4,13H2,1-2H3/b25-24-. The van der Waals surface area contributed by atoms with Crippen LogP contribution in [0.5, 0.6) is 0 Å². The molecule has 0 aromatic heterocycles. The molecule has 0 radical (unpaired) electrons. The molecule has 0 unspecified atom stereocenters. The van der Waals surface area contributed by atoms with E-state index in [1.807, 2.05) is 18.2 Å². The highest BCUT2D eigenvalue weighted by Gasteiger charge is 2.14. The molecule has 0 spiro atoms. The lowest BCUT2D eigenvalue weighted by Gasteiger charge is -2.18. The molecule has 0 saturated carbocycles. The van der Waals surface area contributed by atoms with Crippen molar-refractivity contribution in [1.29, 1.82) is 0 Å². The Kier molecular flexibility index (Phi) is 6.01. The van der Waals surface area contributed by atoms with Gasteiger partial charge in [0.25, 0.3) is 0 Å². The topological polar surface area (TPSA) is 0 Å². The molecule has 0 bridgehead atoms. The SMILES string of the molecule is CCCC/C(=C(\c1ccccc1)c1ccc(F)cc1)c1cccc(C)c1. The molecule has 0 fully saturated rings. The number of aryl methyl sites for hydroxylation is 1. The summed E-state index contributed by atoms with van der Waals surface area (Å²) in [6, 6.07) is 26.0. The van der Waals surface area contributed by atoms with Gasteiger partial charge in [-0.1, -0.05) is 85.6 Å². The van der Waals surface area contributed by atoms with Crippen molar-refractivity contribution in [2.24, 2.45) is 0 Å². The number of halogens is 1. The maximum atomic E-state index is 13.5. The van der Waals surface area contributed by atoms with Gasteiger partial charge in [-0.15, -0.1) is 0 Å². The Hall–Kier alpha value is -2.67. The van der Waals surface area contributed by atoms with E-state index in [1.54, 1.807) is 12.1 Å². The quantitative estimate of drug-likeness (QED) is 0.412. The summed E-state index contributed by atoms with van der Waals surface area (Å²) in [6.07, 6.45) is 3.27. The molecule has 0 aliphatic heterocycles. The zero-order valence-electron chi connectivity index (χ0n) is 15.5. The van der Waals surface area contributed by atoms with E-state index in [-0.39, 0.29) is 5.82 Å². The van der Waals surface area contributed by atoms with E-state index in [0.29, 0.717) is 0 Å². The summed E-state index contributed by atoms with van der Waals surface area (Å²) < 4.78 is 13.5. The van der Waals surface area contributed by atoms with Gasteiger partial charge in [-0.3, -0.25) is 0 Å². The van der Waals surface area contributed by atoms with Crippen LogP contribution < -0.4 is 0 Å². The Balaban J connectivity index is 2.26. The highest BCUT2D eigenvalue weighted by atomic mass is 19.1. The second kappa shape index (κ2) is 8.62. The van der Waals surface area contributed by atoms with Crippen LogP contribution in [0, 0.1) is 12.7 Å². The van der Waals surface area contributed by atoms with E-state index in [0.717, 1.165) is 24.8 Å². The Labute approximate surface area is 156 Å². The number of hydrogen-bond donors (Lipinski definition) is 0. The minimum atomic E-state index is -0.202. The zero-order valence-corrected chi connectivity index (χ0v) is 15.5. The molecule has 0 saturated heterocycles. The monoisotopic (exact) mass is 344 g/mol. The van der Waals surface area contributed by atoms with E-state index in [4.69, 9.17) is 0 Å². The van der Waals surface area contributed by atoms with Crippen LogP contribution in [0.15, 0.2) is 78.9 Å². The smallest absolute Gasteiger partial charge is 0.123 e. The third kappa shape index (κ3) is 4.29. The summed E-state index contributed by atoms with van der Waals surface area (Å²) in [6.45, 7) is 4.34. The molecular formula is C25H25F. The van der Waals surface area contributed by atoms with E-state index < -0.39 is 0 Å². The fraction of sp³-hybridized carbons (Fsp3) is 0.200. The lowest BCUT2D eigenvalue weighted by Crippen LogP contribution is -1.96. The predicted octanol–water partition coefficient (Wildman–Crippen LogP) is 7.28. The first-order valence-electron chi connectivity index (χ1n) is 9.30. The summed E-state index contributed by atoms with van der Waals surface area (Å²) in [5.74, 6) is -0.202. The van der Waals surface area contributed by atoms with Crippen molar-refractivity contribution in [1.82, 2.24) is 0 Å². The molecule has 0 aliphatic carbocycles. The van der Waals surface area contributed by atoms with Gasteiger partial charge >= 0.3 is 0 Å². The number of allylic oxidation sites excluding steroid dienone is 1. The van der Waals surface area contributed by atoms with E-state index in [2.05, 4.69) is 62.4 Å². The summed E-state index contributed by atoms with van der Waals surface area (Å²) in [5, 5.41) is 0. The van der Waals surface area contributed by atoms with Gasteiger partial charge in [-0.05, 0) is 59.7 Å². The number of rotatable bonds is 6. The number of unbranched alkanes of at least 4 members (excludes halogenated alkanes) is 1. The first-order chi connectivity index (χ1) is 12.7. The maximum Gasteiger partial charge on any atom is 0.123 e. The molecular weight excluding hydrogens is 319 g/mol. The van der Waals surface area contributed by atoms with Crippen LogP contribution in [0.4, 0.5) is 4.39 Å². The second-order valence-corrected chi connectivity index (χ2v) is 6.70. The first kappa shape index (κ1) is 18.1. The van der Waals surface area contributed by atoms with Crippen molar-refractivity contribution in [3.63, 3.8) is 0 Å². The van der Waals surface area contributed by atoms with Gasteiger partial charge in [0, 0.05) is 0 Å². The number of hydrogen-bond acceptors (Lipinski definition) is 0. The van der Waals surface area contributed by atoms with E-state index >= 15 is 0 Å². The van der Waals surface area contributed by atoms with Gasteiger partial charge in [0.15, 0.2) is 0 Å². The average molecular weight is 344 g/mol. The van der Waals surface area contributed by atoms with Crippen molar-refractivity contribution in [2.75, 3.05) is 0 Å². The molecule has 132 valence electrons. The summed E-state index contributed by atoms with van der Waals surface area (Å²) >= 11 is 0. The lowest BCUT2D eigenvalue weighted by molar-refractivity contribution is 0.627. The van der Waals surface area contributed by atoms with Crippen molar-refractivity contribution in [3.05, 3.63) is 107 Å². The summed E-state index contributed by atoms with van der Waals surface area (Å²) in [5.41, 5.74) is 7.26. The molecule has 0 amide bonds. The normalized spacial score (nSPS) is 12.0. The molecule has 0 atom stereocenters. The van der Waals surface area contributed by atoms with E-state index in [9.17, 15) is 4.39 Å². The zero-order chi connectivity index (χ0) is 18.4. The van der Waals surface area contributed by atoms with Gasteiger partial charge in [0.1, 0.15) is 5.82 Å². The fourth-order valence-corrected chi connectivity index (χ4v) is 3.34. The lowest BCUT2D eigenvalue weighted by atomic mass is 9.86. The molecule has 3 aromatic rings. The maximum absolute atomic E-state index is 13.5. The van der Waals surface area contributed by atoms with Crippen molar-refractivity contribution in [3.8, 4) is 0 Å². The Bertz CT molecular complexity index is 874. The first-order valence-corrected chi connectivity index (χ1v) is 9.30. The Morgan fingerprint density at radius 1 is 0.769 bits per heavy atom. The summed E-state index contributed by atoms with van der Waals surface area (Å²) in [7, 11) is 0. The molecule has 0 N–H and O–H groups in total. The minimum Gasteiger partial charge on any atom is -0.207 e. The van der Waals surface area contributed by atoms with Crippen LogP contribution in [-0.2, 0) is 0 Å². The summed E-state index contributed by atoms with van der Waals surface area (Å²) in [4.78, 5) is 0. The third-order valence-electron chi connectivity index (χ3n) is 4.64. The van der Waals surface area contributed by atoms with Crippen LogP contribution in [-0.4, -0.2) is 0 Å². The molecule has 0 aliphatic rings. The highest BCUT2D eigenvalue weighted by Crippen LogP contribution is 2.35. The molecule has 1 heteroatoms. The van der Waals surface area contributed by atoms with Gasteiger partial charge < -0.3 is 0 Å². The van der Waals surface area contributed by atoms with Gasteiger partial charge in [-0.2, -0.15) is 0 Å². The highest BCUT2D eigenvalue weighted by molar-refractivity contribution is 5.98. The van der Waals surface area contributed by atoms with Gasteiger partial charge in [0.2, 0.25) is 0 Å². The van der Waals surface area contributed by atoms with Crippen LogP contribution >= 0.6 is 0 Å². The van der Waals surface area contributed by atoms with Gasteiger partial charge in [0.05, 0.1) is 0 Å². The van der Waals surface area contributed by atoms with Crippen molar-refractivity contribution in [2.45, 2.75) is 33.1 Å². The fourth-order valence-electron chi connectivity index (χ4n) is 3.34. The van der Waals surface area contributed by atoms with Gasteiger partial charge in [-0.25, -0.2) is 4.39 Å². The van der Waals surface area contributed by atoms with E-state index in [1.165, 1.54) is 27.8 Å². The average Bonchev–Trinajstić information content (AvgIpc) is 2.67. The second-order valence-electron chi connectivity index (χ2n) is 6.70. The third-order valence-corrected chi connectivity index (χ3v) is 4.64. The molecule has 26 heavy (non-hydrogen) atoms. The number of benzene rings is 3. The van der Waals surface area contributed by atoms with Crippen LogP contribution in [0.3, 0.4) is 0 Å². The van der Waals surface area contributed by atoms with Crippen LogP contribution in [0.2, 0.25) is 0 Å². The van der Waals surface area contributed by atoms with Crippen molar-refractivity contribution >= 4 is 11.1 Å².